The van der Waals surface area contributed by atoms with Gasteiger partial charge in [-0.2, -0.15) is 0 Å². The second kappa shape index (κ2) is 25.9. The largest absolute Gasteiger partial charge is 0.445 e. The molecule has 0 radical (unpaired) electrons. The monoisotopic (exact) mass is 1790 g/mol. The molecule has 10 aromatic rings. The lowest BCUT2D eigenvalue weighted by Gasteiger charge is -2.43. The Morgan fingerprint density at radius 1 is 0.358 bits per heavy atom. The number of nitrogens with zero attached hydrogens (tertiary/aromatic N) is 4. The number of fused-ring (bicyclic) bond motifs is 13. The van der Waals surface area contributed by atoms with Crippen LogP contribution in [0.4, 0.5) is 68.6 Å². The summed E-state index contributed by atoms with van der Waals surface area (Å²) in [5, 5.41) is 0. The van der Waals surface area contributed by atoms with Crippen molar-refractivity contribution < 1.29 is 30.8 Å². The Balaban J connectivity index is 0.000000163. The van der Waals surface area contributed by atoms with Crippen LogP contribution in [0.25, 0.3) is 0 Å². The molecular weight excluding hydrogens is 1670 g/mol. The lowest BCUT2D eigenvalue weighted by atomic mass is 9.33. The number of aryl methyl sites for hydroxylation is 2. The van der Waals surface area contributed by atoms with E-state index < -0.39 is 20.4 Å². The molecule has 109 heavy (non-hydrogen) atoms. The Morgan fingerprint density at radius 3 is 1.46 bits per heavy atom. The Morgan fingerprint density at radius 2 is 0.835 bits per heavy atom. The molecule has 0 fully saturated rings. The first kappa shape index (κ1) is 57.8. The van der Waals surface area contributed by atoms with Crippen LogP contribution in [0.15, 0.2) is 148 Å². The van der Waals surface area contributed by atoms with Gasteiger partial charge in [-0.1, -0.05) is 147 Å². The molecule has 8 aromatic carbocycles. The topological polar surface area (TPSA) is 39.2 Å². The molecule has 10 aliphatic rings. The molecule has 11 heteroatoms. The van der Waals surface area contributed by atoms with Crippen molar-refractivity contribution in [1.82, 2.24) is 0 Å². The van der Waals surface area contributed by atoms with E-state index in [-0.39, 0.29) is 126 Å². The number of furan rings is 2. The zero-order valence-corrected chi connectivity index (χ0v) is 72.7. The molecule has 2 aromatic heterocycles. The number of hydrogen-bond acceptors (Lipinski definition) is 6. The highest BCUT2D eigenvalue weighted by Crippen LogP contribution is 2.55. The van der Waals surface area contributed by atoms with Gasteiger partial charge in [-0.05, 0) is 349 Å². The van der Waals surface area contributed by atoms with Gasteiger partial charge in [0.25, 0.3) is 6.71 Å². The van der Waals surface area contributed by atoms with E-state index in [9.17, 15) is 13.7 Å². The zero-order chi connectivity index (χ0) is 90.2. The molecule has 0 spiro atoms. The van der Waals surface area contributed by atoms with Gasteiger partial charge in [0.05, 0.1) is 19.4 Å². The van der Waals surface area contributed by atoms with Crippen LogP contribution >= 0.6 is 67.1 Å². The van der Waals surface area contributed by atoms with Crippen molar-refractivity contribution in [2.75, 3.05) is 19.6 Å². The molecule has 0 N–H and O–H groups in total. The van der Waals surface area contributed by atoms with Crippen molar-refractivity contribution in [3.8, 4) is 0 Å². The highest BCUT2D eigenvalue weighted by Gasteiger charge is 2.51. The van der Waals surface area contributed by atoms with Crippen LogP contribution in [0, 0.1) is 57.0 Å². The van der Waals surface area contributed by atoms with Crippen molar-refractivity contribution in [3.63, 3.8) is 0 Å². The molecule has 0 amide bonds. The normalized spacial score (nSPS) is 22.2. The summed E-state index contributed by atoms with van der Waals surface area (Å²) in [5.74, 6) is 3.02. The highest BCUT2D eigenvalue weighted by molar-refractivity contribution is 14.4. The summed E-state index contributed by atoms with van der Waals surface area (Å²) in [6.07, 6.45) is 11.6. The van der Waals surface area contributed by atoms with Crippen LogP contribution in [-0.2, 0) is 103 Å². The standard InChI is InChI=1S/C49H53BN2O.C49H56N2O.BI3/c1-28-14-40-44-41(15-28)52(36-13-11-30-21-47(4,5)23-32(30)17-36)45-43(37-26-49(8,9)27-42(37)53-45)50(44)38-18-33-24-48(6,7)25-34(33)19-39(38)51(40)35-12-10-29-20-46(2,3)22-31(29)16-35;1-31-16-42(50(39-13-10-32-23-46(2,3)26-35(32)18-39)40-14-11-33-24-47(4,5)27-36(33)19-40)22-43(17-31)51(45-21-38-29-49(8,9)30-44(38)52-45)41-15-12-34-25-48(6,7)28-37(34)20-41;2-1(3)4/h10-19H,20-27H2,1-9H3;10-22H,23-30H2,1-9H3;/i1D3,10D,12D,16D,18D,19D;1D3,10D,11D,13D,18D,19D;. The smallest absolute Gasteiger partial charge is 0.355 e. The van der Waals surface area contributed by atoms with Crippen molar-refractivity contribution in [2.45, 2.75) is 227 Å². The first-order chi connectivity index (χ1) is 57.9. The van der Waals surface area contributed by atoms with E-state index in [1.165, 1.54) is 22.3 Å². The second-order valence-electron chi connectivity index (χ2n) is 40.1. The van der Waals surface area contributed by atoms with Gasteiger partial charge in [0, 0.05) is 78.3 Å². The van der Waals surface area contributed by atoms with Crippen LogP contribution in [0.5, 0.6) is 0 Å². The molecule has 0 atom stereocenters. The van der Waals surface area contributed by atoms with E-state index in [0.29, 0.717) is 120 Å². The van der Waals surface area contributed by atoms with Crippen LogP contribution in [0.2, 0.25) is 0 Å². The minimum absolute atomic E-state index is 0.0365. The summed E-state index contributed by atoms with van der Waals surface area (Å²) < 4.78 is 165. The van der Waals surface area contributed by atoms with E-state index >= 15 is 0 Å². The van der Waals surface area contributed by atoms with Crippen molar-refractivity contribution >= 4 is 159 Å². The molecule has 8 aliphatic carbocycles. The van der Waals surface area contributed by atoms with Crippen LogP contribution < -0.4 is 36.0 Å². The van der Waals surface area contributed by atoms with Gasteiger partial charge in [0.15, 0.2) is 5.88 Å². The molecular formula is C98H109B2I3N4O2. The molecule has 0 saturated carbocycles. The summed E-state index contributed by atoms with van der Waals surface area (Å²) >= 11 is 6.95. The Bertz CT molecular complexity index is 6280. The first-order valence-electron chi connectivity index (χ1n) is 47.4. The molecule has 560 valence electrons. The van der Waals surface area contributed by atoms with Gasteiger partial charge >= 0.3 is 0.282 Å². The van der Waals surface area contributed by atoms with Crippen molar-refractivity contribution in [1.29, 1.82) is 0 Å². The summed E-state index contributed by atoms with van der Waals surface area (Å²) in [4.78, 5) is 7.53. The van der Waals surface area contributed by atoms with Gasteiger partial charge < -0.3 is 18.6 Å². The fourth-order valence-electron chi connectivity index (χ4n) is 20.6. The minimum atomic E-state index is -2.57. The maximum absolute atomic E-state index is 10.3. The lowest BCUT2D eigenvalue weighted by Crippen LogP contribution is -2.62. The first-order valence-corrected chi connectivity index (χ1v) is 43.1. The molecule has 4 heterocycles. The van der Waals surface area contributed by atoms with Crippen LogP contribution in [0.3, 0.4) is 0 Å². The van der Waals surface area contributed by atoms with Gasteiger partial charge in [-0.3, -0.25) is 9.80 Å². The van der Waals surface area contributed by atoms with Crippen molar-refractivity contribution in [2.24, 2.45) is 43.3 Å². The van der Waals surface area contributed by atoms with E-state index in [4.69, 9.17) is 17.1 Å². The number of hydrogen-bond donors (Lipinski definition) is 0. The summed E-state index contributed by atoms with van der Waals surface area (Å²) in [5.41, 5.74) is 19.9. The van der Waals surface area contributed by atoms with E-state index in [2.05, 4.69) is 225 Å². The third-order valence-electron chi connectivity index (χ3n) is 24.8. The molecule has 0 bridgehead atoms. The van der Waals surface area contributed by atoms with Gasteiger partial charge in [0.2, 0.25) is 5.88 Å². The fourth-order valence-corrected chi connectivity index (χ4v) is 20.6. The second-order valence-corrected chi connectivity index (χ2v) is 51.0. The number of rotatable bonds is 8. The van der Waals surface area contributed by atoms with E-state index in [0.717, 1.165) is 124 Å². The molecule has 0 saturated heterocycles. The summed E-state index contributed by atoms with van der Waals surface area (Å²) in [6.45, 7) is 29.5. The summed E-state index contributed by atoms with van der Waals surface area (Å²) in [6, 6.07) is 26.4. The lowest BCUT2D eigenvalue weighted by molar-refractivity contribution is 0.366. The van der Waals surface area contributed by atoms with E-state index in [1.54, 1.807) is 40.1 Å². The number of anilines is 12. The molecule has 6 nitrogen and oxygen atoms in total. The zero-order valence-electron chi connectivity index (χ0n) is 82.2. The SMILES string of the molecule is IB(I)I.[2H]c1c([2H])c(N2c3cc(C([2H])([2H])[2H])cc4c3B(c3c(oc5c3CC(C)(C)C5)N4c3ccc4c(c3)CC(C)(C)C4)c3c([2H])c4c(c([2H])c32)CC(C)(C)C4)c([2H])c2c1CC(C)(C)C2.[2H]c1cc(N(c2cc(N(c3ccc4c(c3)CC(C)(C)C4)c3cc4c(o3)CC(C)(C)C4)cc(C([2H])([2H])[2H])c2)c2c([2H])c([2H])c3c(c2[2H])CC(C)(C)C3)c([2H])c2c1CC(C)(C)C2. The quantitative estimate of drug-likeness (QED) is 0.112. The van der Waals surface area contributed by atoms with Gasteiger partial charge in [-0.25, -0.2) is 0 Å². The Hall–Kier alpha value is -6.16. The maximum Gasteiger partial charge on any atom is 0.355 e. The Kier molecular flexibility index (Phi) is 13.8. The Labute approximate surface area is 714 Å². The maximum atomic E-state index is 10.3. The highest BCUT2D eigenvalue weighted by atomic mass is 127. The molecule has 0 unspecified atom stereocenters. The third-order valence-corrected chi connectivity index (χ3v) is 24.8. The molecule has 2 aliphatic heterocycles. The van der Waals surface area contributed by atoms with Gasteiger partial charge in [-0.15, -0.1) is 67.1 Å². The number of benzene rings is 8. The predicted octanol–water partition coefficient (Wildman–Crippen LogP) is 25.5. The minimum Gasteiger partial charge on any atom is -0.445 e. The van der Waals surface area contributed by atoms with Crippen molar-refractivity contribution in [3.05, 3.63) is 240 Å². The predicted molar refractivity (Wildman–Crippen MR) is 488 cm³/mol. The average molecular weight is 1790 g/mol. The number of halogens is 3. The van der Waals surface area contributed by atoms with Gasteiger partial charge in [0.1, 0.15) is 11.5 Å². The third kappa shape index (κ3) is 13.8. The van der Waals surface area contributed by atoms with Crippen LogP contribution in [0.1, 0.15) is 233 Å². The van der Waals surface area contributed by atoms with E-state index in [1.807, 2.05) is 11.0 Å². The van der Waals surface area contributed by atoms with Crippen LogP contribution in [-0.4, -0.2) is 6.99 Å². The molecule has 20 rings (SSSR count). The fraction of sp³-hybridized carbons (Fsp3) is 0.429. The summed E-state index contributed by atoms with van der Waals surface area (Å²) in [7, 11) is 0. The average Bonchev–Trinajstić information content (AvgIpc) is 1.66.